The number of aromatic hydroxyl groups is 1. The Labute approximate surface area is 91.7 Å². The number of nitrogen functional groups attached to an aromatic ring is 1. The van der Waals surface area contributed by atoms with Crippen LogP contribution in [-0.2, 0) is 5.67 Å². The van der Waals surface area contributed by atoms with E-state index in [0.717, 1.165) is 6.07 Å². The van der Waals surface area contributed by atoms with E-state index < -0.39 is 29.6 Å². The van der Waals surface area contributed by atoms with Gasteiger partial charge in [-0.3, -0.25) is 0 Å². The fourth-order valence-electron chi connectivity index (χ4n) is 1.25. The number of anilines is 1. The van der Waals surface area contributed by atoms with E-state index in [-0.39, 0.29) is 5.69 Å². The van der Waals surface area contributed by atoms with Gasteiger partial charge in [-0.1, -0.05) is 0 Å². The highest BCUT2D eigenvalue weighted by Gasteiger charge is 2.65. The summed E-state index contributed by atoms with van der Waals surface area (Å²) in [7, 11) is 0. The molecule has 0 amide bonds. The van der Waals surface area contributed by atoms with Crippen LogP contribution in [0.5, 0.6) is 5.75 Å². The van der Waals surface area contributed by atoms with Gasteiger partial charge in [-0.05, 0) is 12.1 Å². The summed E-state index contributed by atoms with van der Waals surface area (Å²) >= 11 is 0. The Morgan fingerprint density at radius 3 is 2.00 bits per heavy atom. The standard InChI is InChI=1S/C9H7F6NO/c10-7(11)8(12,9(13,14)15)5-2-1-4(16)3-6(5)17/h1-3,7,17H,16H2. The lowest BCUT2D eigenvalue weighted by Gasteiger charge is -2.28. The molecule has 0 aliphatic heterocycles. The van der Waals surface area contributed by atoms with Gasteiger partial charge in [0.15, 0.2) is 0 Å². The molecule has 8 heteroatoms. The normalized spacial score (nSPS) is 15.9. The molecule has 3 N–H and O–H groups in total. The highest BCUT2D eigenvalue weighted by Crippen LogP contribution is 2.49. The summed E-state index contributed by atoms with van der Waals surface area (Å²) in [5, 5.41) is 9.09. The second kappa shape index (κ2) is 4.01. The number of phenolic OH excluding ortho intramolecular Hbond substituents is 1. The number of hydrogen-bond acceptors (Lipinski definition) is 2. The van der Waals surface area contributed by atoms with E-state index >= 15 is 0 Å². The zero-order chi connectivity index (χ0) is 13.4. The molecule has 0 fully saturated rings. The second-order valence-corrected chi connectivity index (χ2v) is 3.29. The number of nitrogens with two attached hydrogens (primary N) is 1. The summed E-state index contributed by atoms with van der Waals surface area (Å²) in [6, 6.07) is 1.74. The number of alkyl halides is 6. The van der Waals surface area contributed by atoms with Crippen LogP contribution in [0, 0.1) is 0 Å². The van der Waals surface area contributed by atoms with E-state index in [1.165, 1.54) is 0 Å². The highest BCUT2D eigenvalue weighted by molar-refractivity contribution is 5.50. The Bertz CT molecular complexity index is 418. The van der Waals surface area contributed by atoms with Crippen molar-refractivity contribution in [2.75, 3.05) is 5.73 Å². The van der Waals surface area contributed by atoms with Gasteiger partial charge in [0.25, 0.3) is 12.1 Å². The van der Waals surface area contributed by atoms with Crippen LogP contribution in [0.4, 0.5) is 32.0 Å². The maximum absolute atomic E-state index is 13.5. The molecule has 1 aromatic rings. The number of hydrogen-bond donors (Lipinski definition) is 2. The smallest absolute Gasteiger partial charge is 0.432 e. The predicted molar refractivity (Wildman–Crippen MR) is 47.4 cm³/mol. The van der Waals surface area contributed by atoms with Crippen LogP contribution in [0.2, 0.25) is 0 Å². The number of benzene rings is 1. The third kappa shape index (κ3) is 2.11. The monoisotopic (exact) mass is 259 g/mol. The molecule has 0 heterocycles. The maximum atomic E-state index is 13.5. The Morgan fingerprint density at radius 2 is 1.65 bits per heavy atom. The van der Waals surface area contributed by atoms with Gasteiger partial charge in [-0.2, -0.15) is 13.2 Å². The number of halogens is 6. The summed E-state index contributed by atoms with van der Waals surface area (Å²) in [6.45, 7) is 0. The lowest BCUT2D eigenvalue weighted by molar-refractivity contribution is -0.274. The Hall–Kier alpha value is -1.60. The molecule has 0 radical (unpaired) electrons. The van der Waals surface area contributed by atoms with Gasteiger partial charge in [0.1, 0.15) is 5.75 Å². The molecular formula is C9H7F6NO. The zero-order valence-corrected chi connectivity index (χ0v) is 8.10. The van der Waals surface area contributed by atoms with Crippen LogP contribution in [-0.4, -0.2) is 17.7 Å². The zero-order valence-electron chi connectivity index (χ0n) is 8.10. The average Bonchev–Trinajstić information content (AvgIpc) is 2.14. The SMILES string of the molecule is Nc1ccc(C(F)(C(F)F)C(F)(F)F)c(O)c1. The maximum Gasteiger partial charge on any atom is 0.432 e. The summed E-state index contributed by atoms with van der Waals surface area (Å²) in [5.41, 5.74) is -1.56. The fraction of sp³-hybridized carbons (Fsp3) is 0.333. The van der Waals surface area contributed by atoms with Crippen molar-refractivity contribution in [3.8, 4) is 5.75 Å². The van der Waals surface area contributed by atoms with Crippen LogP contribution in [0.25, 0.3) is 0 Å². The summed E-state index contributed by atoms with van der Waals surface area (Å²) in [6.07, 6.45) is -10.2. The van der Waals surface area contributed by atoms with Crippen molar-refractivity contribution in [2.45, 2.75) is 18.3 Å². The molecule has 0 aliphatic rings. The summed E-state index contributed by atoms with van der Waals surface area (Å²) in [5.74, 6) is -1.27. The van der Waals surface area contributed by atoms with E-state index in [1.54, 1.807) is 0 Å². The lowest BCUT2D eigenvalue weighted by Crippen LogP contribution is -2.44. The van der Waals surface area contributed by atoms with Gasteiger partial charge >= 0.3 is 6.18 Å². The third-order valence-electron chi connectivity index (χ3n) is 2.13. The summed E-state index contributed by atoms with van der Waals surface area (Å²) < 4.78 is 75.1. The second-order valence-electron chi connectivity index (χ2n) is 3.29. The number of phenols is 1. The van der Waals surface area contributed by atoms with Crippen molar-refractivity contribution in [1.29, 1.82) is 0 Å². The predicted octanol–water partition coefficient (Wildman–Crippen LogP) is 2.97. The van der Waals surface area contributed by atoms with E-state index in [4.69, 9.17) is 10.8 Å². The van der Waals surface area contributed by atoms with E-state index in [9.17, 15) is 26.3 Å². The highest BCUT2D eigenvalue weighted by atomic mass is 19.4. The van der Waals surface area contributed by atoms with E-state index in [0.29, 0.717) is 12.1 Å². The van der Waals surface area contributed by atoms with Crippen LogP contribution in [0.15, 0.2) is 18.2 Å². The van der Waals surface area contributed by atoms with E-state index in [2.05, 4.69) is 0 Å². The van der Waals surface area contributed by atoms with E-state index in [1.807, 2.05) is 0 Å². The van der Waals surface area contributed by atoms with Crippen molar-refractivity contribution < 1.29 is 31.4 Å². The van der Waals surface area contributed by atoms with Gasteiger partial charge < -0.3 is 10.8 Å². The molecule has 1 unspecified atom stereocenters. The first-order chi connectivity index (χ1) is 7.60. The molecule has 0 aromatic heterocycles. The van der Waals surface area contributed by atoms with Gasteiger partial charge in [0, 0.05) is 17.3 Å². The van der Waals surface area contributed by atoms with Crippen LogP contribution in [0.1, 0.15) is 5.56 Å². The van der Waals surface area contributed by atoms with Gasteiger partial charge in [0.05, 0.1) is 0 Å². The number of rotatable bonds is 2. The Morgan fingerprint density at radius 1 is 1.12 bits per heavy atom. The molecule has 0 aliphatic carbocycles. The first kappa shape index (κ1) is 13.5. The first-order valence-corrected chi connectivity index (χ1v) is 4.23. The van der Waals surface area contributed by atoms with Gasteiger partial charge in [-0.25, -0.2) is 13.2 Å². The Kier molecular flexibility index (Phi) is 3.17. The quantitative estimate of drug-likeness (QED) is 0.633. The minimum Gasteiger partial charge on any atom is -0.507 e. The van der Waals surface area contributed by atoms with Crippen molar-refractivity contribution in [3.63, 3.8) is 0 Å². The largest absolute Gasteiger partial charge is 0.507 e. The van der Waals surface area contributed by atoms with Crippen molar-refractivity contribution in [1.82, 2.24) is 0 Å². The van der Waals surface area contributed by atoms with Crippen LogP contribution in [0.3, 0.4) is 0 Å². The molecule has 0 spiro atoms. The lowest BCUT2D eigenvalue weighted by atomic mass is 9.94. The summed E-state index contributed by atoms with van der Waals surface area (Å²) in [4.78, 5) is 0. The molecule has 2 nitrogen and oxygen atoms in total. The van der Waals surface area contributed by atoms with Gasteiger partial charge in [0.2, 0.25) is 0 Å². The van der Waals surface area contributed by atoms with Crippen molar-refractivity contribution >= 4 is 5.69 Å². The molecule has 96 valence electrons. The minimum atomic E-state index is -5.85. The van der Waals surface area contributed by atoms with Crippen molar-refractivity contribution in [3.05, 3.63) is 23.8 Å². The van der Waals surface area contributed by atoms with Crippen molar-refractivity contribution in [2.24, 2.45) is 0 Å². The molecular weight excluding hydrogens is 252 g/mol. The molecule has 0 bridgehead atoms. The van der Waals surface area contributed by atoms with Gasteiger partial charge in [-0.15, -0.1) is 0 Å². The topological polar surface area (TPSA) is 46.2 Å². The fourth-order valence-corrected chi connectivity index (χ4v) is 1.25. The molecule has 1 rings (SSSR count). The molecule has 1 atom stereocenters. The molecule has 0 saturated carbocycles. The molecule has 0 saturated heterocycles. The Balaban J connectivity index is 3.44. The minimum absolute atomic E-state index is 0.176. The third-order valence-corrected chi connectivity index (χ3v) is 2.13. The van der Waals surface area contributed by atoms with Crippen LogP contribution >= 0.6 is 0 Å². The molecule has 1 aromatic carbocycles. The molecule has 17 heavy (non-hydrogen) atoms. The first-order valence-electron chi connectivity index (χ1n) is 4.23. The average molecular weight is 259 g/mol. The van der Waals surface area contributed by atoms with Crippen LogP contribution < -0.4 is 5.73 Å².